The van der Waals surface area contributed by atoms with Crippen molar-refractivity contribution < 1.29 is 28.6 Å². The zero-order valence-electron chi connectivity index (χ0n) is 21.9. The predicted molar refractivity (Wildman–Crippen MR) is 154 cm³/mol. The normalized spacial score (nSPS) is 18.2. The molecule has 2 fully saturated rings. The maximum absolute atomic E-state index is 13.1. The summed E-state index contributed by atoms with van der Waals surface area (Å²) in [4.78, 5) is 41.5. The zero-order valence-corrected chi connectivity index (χ0v) is 24.2. The summed E-state index contributed by atoms with van der Waals surface area (Å²) >= 11 is 13.8. The van der Waals surface area contributed by atoms with Crippen LogP contribution in [0.4, 0.5) is 4.79 Å². The largest absolute Gasteiger partial charge is 0.489 e. The van der Waals surface area contributed by atoms with Crippen molar-refractivity contribution in [2.24, 2.45) is 5.73 Å². The molecule has 13 heteroatoms. The minimum Gasteiger partial charge on any atom is -0.489 e. The first kappa shape index (κ1) is 30.3. The highest BCUT2D eigenvalue weighted by Gasteiger charge is 2.37. The van der Waals surface area contributed by atoms with Gasteiger partial charge in [0, 0.05) is 47.4 Å². The summed E-state index contributed by atoms with van der Waals surface area (Å²) in [7, 11) is 0. The Labute approximate surface area is 247 Å². The Morgan fingerprint density at radius 1 is 1.10 bits per heavy atom. The molecule has 216 valence electrons. The van der Waals surface area contributed by atoms with Gasteiger partial charge in [-0.05, 0) is 29.8 Å². The van der Waals surface area contributed by atoms with Crippen LogP contribution in [0.3, 0.4) is 0 Å². The lowest BCUT2D eigenvalue weighted by Crippen LogP contribution is -2.54. The average Bonchev–Trinajstić information content (AvgIpc) is 3.44. The van der Waals surface area contributed by atoms with Crippen molar-refractivity contribution in [2.75, 3.05) is 51.1 Å². The topological polar surface area (TPSA) is 123 Å². The SMILES string of the molecule is NC(=O)C(Cc1ccc(OCc2c(Cl)cccc2Cl)cc1)NC(=O)[C@H]1CSCN1C(=O)OCCN1CCOCC1. The van der Waals surface area contributed by atoms with Crippen LogP contribution in [0, 0.1) is 0 Å². The molecule has 0 bridgehead atoms. The van der Waals surface area contributed by atoms with Gasteiger partial charge in [-0.2, -0.15) is 0 Å². The number of rotatable bonds is 11. The Kier molecular flexibility index (Phi) is 11.2. The molecule has 2 atom stereocenters. The van der Waals surface area contributed by atoms with Crippen LogP contribution in [-0.4, -0.2) is 90.9 Å². The zero-order chi connectivity index (χ0) is 28.5. The molecule has 10 nitrogen and oxygen atoms in total. The van der Waals surface area contributed by atoms with Crippen LogP contribution in [0.2, 0.25) is 10.0 Å². The van der Waals surface area contributed by atoms with Gasteiger partial charge in [-0.25, -0.2) is 4.79 Å². The third-order valence-electron chi connectivity index (χ3n) is 6.62. The fraction of sp³-hybridized carbons (Fsp3) is 0.444. The van der Waals surface area contributed by atoms with Gasteiger partial charge in [0.25, 0.3) is 0 Å². The number of primary amides is 1. The minimum atomic E-state index is -0.953. The number of nitrogens with two attached hydrogens (primary N) is 1. The lowest BCUT2D eigenvalue weighted by atomic mass is 10.0. The molecule has 3 N–H and O–H groups in total. The second-order valence-corrected chi connectivity index (χ2v) is 11.2. The molecule has 2 heterocycles. The molecule has 4 rings (SSSR count). The van der Waals surface area contributed by atoms with Crippen LogP contribution >= 0.6 is 35.0 Å². The third kappa shape index (κ3) is 8.40. The van der Waals surface area contributed by atoms with Crippen LogP contribution in [0.15, 0.2) is 42.5 Å². The van der Waals surface area contributed by atoms with Crippen molar-refractivity contribution in [2.45, 2.75) is 25.1 Å². The number of halogens is 2. The monoisotopic (exact) mass is 610 g/mol. The first-order valence-electron chi connectivity index (χ1n) is 12.9. The molecule has 0 radical (unpaired) electrons. The molecular formula is C27H32Cl2N4O6S. The highest BCUT2D eigenvalue weighted by atomic mass is 35.5. The molecule has 2 aromatic carbocycles. The van der Waals surface area contributed by atoms with E-state index in [1.54, 1.807) is 42.5 Å². The summed E-state index contributed by atoms with van der Waals surface area (Å²) in [6, 6.07) is 10.6. The second kappa shape index (κ2) is 14.8. The highest BCUT2D eigenvalue weighted by Crippen LogP contribution is 2.26. The summed E-state index contributed by atoms with van der Waals surface area (Å²) < 4.78 is 16.5. The summed E-state index contributed by atoms with van der Waals surface area (Å²) in [6.07, 6.45) is -0.371. The predicted octanol–water partition coefficient (Wildman–Crippen LogP) is 2.93. The minimum absolute atomic E-state index is 0.182. The van der Waals surface area contributed by atoms with Crippen LogP contribution in [-0.2, 0) is 32.1 Å². The lowest BCUT2D eigenvalue weighted by molar-refractivity contribution is -0.129. The fourth-order valence-electron chi connectivity index (χ4n) is 4.28. The van der Waals surface area contributed by atoms with E-state index in [1.807, 2.05) is 0 Å². The van der Waals surface area contributed by atoms with Crippen LogP contribution in [0.5, 0.6) is 5.75 Å². The maximum Gasteiger partial charge on any atom is 0.411 e. The standard InChI is InChI=1S/C27H32Cl2N4O6S/c28-21-2-1-3-22(29)20(21)15-39-19-6-4-18(5-7-19)14-23(25(30)34)31-26(35)24-16-40-17-33(24)27(36)38-13-10-32-8-11-37-12-9-32/h1-7,23-24H,8-17H2,(H2,30,34)(H,31,35)/t23?,24-/m1/s1. The van der Waals surface area contributed by atoms with Gasteiger partial charge in [-0.15, -0.1) is 11.8 Å². The third-order valence-corrected chi connectivity index (χ3v) is 8.34. The Morgan fingerprint density at radius 2 is 1.80 bits per heavy atom. The van der Waals surface area contributed by atoms with Gasteiger partial charge in [-0.3, -0.25) is 19.4 Å². The molecule has 3 amide bonds. The molecule has 2 saturated heterocycles. The van der Waals surface area contributed by atoms with Crippen LogP contribution in [0.25, 0.3) is 0 Å². The van der Waals surface area contributed by atoms with Gasteiger partial charge in [0.15, 0.2) is 0 Å². The number of nitrogens with one attached hydrogen (secondary N) is 1. The Morgan fingerprint density at radius 3 is 2.48 bits per heavy atom. The molecular weight excluding hydrogens is 579 g/mol. The van der Waals surface area contributed by atoms with E-state index in [2.05, 4.69) is 10.2 Å². The highest BCUT2D eigenvalue weighted by molar-refractivity contribution is 7.99. The number of ether oxygens (including phenoxy) is 3. The van der Waals surface area contributed by atoms with Gasteiger partial charge in [-0.1, -0.05) is 41.4 Å². The Balaban J connectivity index is 1.27. The molecule has 0 aliphatic carbocycles. The molecule has 1 unspecified atom stereocenters. The fourth-order valence-corrected chi connectivity index (χ4v) is 5.93. The molecule has 40 heavy (non-hydrogen) atoms. The Hall–Kier alpha value is -2.70. The number of benzene rings is 2. The van der Waals surface area contributed by atoms with Crippen molar-refractivity contribution in [3.05, 3.63) is 63.6 Å². The number of thioether (sulfide) groups is 1. The molecule has 0 aromatic heterocycles. The van der Waals surface area contributed by atoms with Crippen LogP contribution in [0.1, 0.15) is 11.1 Å². The molecule has 2 aromatic rings. The van der Waals surface area contributed by atoms with E-state index < -0.39 is 30.0 Å². The first-order chi connectivity index (χ1) is 19.3. The van der Waals surface area contributed by atoms with E-state index >= 15 is 0 Å². The number of carbonyl (C=O) groups is 3. The van der Waals surface area contributed by atoms with E-state index in [0.717, 1.165) is 18.7 Å². The van der Waals surface area contributed by atoms with Gasteiger partial charge in [0.2, 0.25) is 11.8 Å². The average molecular weight is 612 g/mol. The van der Waals surface area contributed by atoms with Crippen molar-refractivity contribution in [3.8, 4) is 5.75 Å². The second-order valence-electron chi connectivity index (χ2n) is 9.35. The van der Waals surface area contributed by atoms with E-state index in [4.69, 9.17) is 43.1 Å². The number of carbonyl (C=O) groups excluding carboxylic acids is 3. The van der Waals surface area contributed by atoms with Crippen molar-refractivity contribution >= 4 is 52.9 Å². The lowest BCUT2D eigenvalue weighted by Gasteiger charge is -2.27. The molecule has 2 aliphatic rings. The maximum atomic E-state index is 13.1. The number of amides is 3. The molecule has 0 saturated carbocycles. The molecule has 0 spiro atoms. The van der Waals surface area contributed by atoms with Gasteiger partial charge < -0.3 is 25.3 Å². The summed E-state index contributed by atoms with van der Waals surface area (Å²) in [5.41, 5.74) is 7.06. The summed E-state index contributed by atoms with van der Waals surface area (Å²) in [5.74, 6) is 0.196. The van der Waals surface area contributed by atoms with Gasteiger partial charge in [0.1, 0.15) is 31.0 Å². The van der Waals surface area contributed by atoms with Gasteiger partial charge in [0.05, 0.1) is 19.1 Å². The van der Waals surface area contributed by atoms with Crippen LogP contribution < -0.4 is 15.8 Å². The van der Waals surface area contributed by atoms with Crippen molar-refractivity contribution in [1.82, 2.24) is 15.1 Å². The summed E-state index contributed by atoms with van der Waals surface area (Å²) in [5, 5.41) is 3.75. The van der Waals surface area contributed by atoms with Crippen molar-refractivity contribution in [1.29, 1.82) is 0 Å². The Bertz CT molecular complexity index is 1160. The quantitative estimate of drug-likeness (QED) is 0.398. The van der Waals surface area contributed by atoms with E-state index in [-0.39, 0.29) is 19.6 Å². The van der Waals surface area contributed by atoms with Gasteiger partial charge >= 0.3 is 6.09 Å². The van der Waals surface area contributed by atoms with Crippen molar-refractivity contribution in [3.63, 3.8) is 0 Å². The summed E-state index contributed by atoms with van der Waals surface area (Å²) in [6.45, 7) is 3.95. The molecule has 2 aliphatic heterocycles. The smallest absolute Gasteiger partial charge is 0.411 e. The van der Waals surface area contributed by atoms with E-state index in [9.17, 15) is 14.4 Å². The number of hydrogen-bond donors (Lipinski definition) is 2. The number of morpholine rings is 1. The van der Waals surface area contributed by atoms with E-state index in [1.165, 1.54) is 16.7 Å². The first-order valence-corrected chi connectivity index (χ1v) is 14.8. The number of hydrogen-bond acceptors (Lipinski definition) is 8. The number of nitrogens with zero attached hydrogens (tertiary/aromatic N) is 2. The van der Waals surface area contributed by atoms with E-state index in [0.29, 0.717) is 52.7 Å².